The number of hydrogen-bond acceptors (Lipinski definition) is 6. The van der Waals surface area contributed by atoms with Gasteiger partial charge in [-0.3, -0.25) is 9.69 Å². The monoisotopic (exact) mass is 446 g/mol. The van der Waals surface area contributed by atoms with Gasteiger partial charge in [-0.15, -0.1) is 0 Å². The second kappa shape index (κ2) is 9.20. The van der Waals surface area contributed by atoms with Gasteiger partial charge in [-0.05, 0) is 55.7 Å². The first kappa shape index (κ1) is 20.9. The molecule has 0 bridgehead atoms. The summed E-state index contributed by atoms with van der Waals surface area (Å²) in [5.41, 5.74) is 1.86. The highest BCUT2D eigenvalue weighted by Gasteiger charge is 2.27. The number of halogens is 1. The maximum absolute atomic E-state index is 13.1. The molecule has 1 saturated heterocycles. The normalized spacial score (nSPS) is 16.0. The Bertz CT molecular complexity index is 1030. The Morgan fingerprint density at radius 2 is 2.10 bits per heavy atom. The van der Waals surface area contributed by atoms with Gasteiger partial charge in [0, 0.05) is 11.6 Å². The Labute approximate surface area is 184 Å². The first-order valence-corrected chi connectivity index (χ1v) is 11.0. The number of benzene rings is 2. The van der Waals surface area contributed by atoms with E-state index >= 15 is 0 Å². The number of anilines is 1. The Balaban J connectivity index is 1.60. The lowest BCUT2D eigenvalue weighted by molar-refractivity contribution is -0.120. The van der Waals surface area contributed by atoms with Crippen LogP contribution in [0, 0.1) is 6.92 Å². The van der Waals surface area contributed by atoms with Gasteiger partial charge in [0.25, 0.3) is 5.91 Å². The maximum atomic E-state index is 13.1. The van der Waals surface area contributed by atoms with Gasteiger partial charge in [0.1, 0.15) is 17.0 Å². The standard InChI is InChI=1S/C22H23ClN2O4S/c1-14-5-10-18(27-2)20-21(14)30-22(24-20)25(12-17-4-3-11-28-17)19(26)13-29-16-8-6-15(23)7-9-16/h5-10,17H,3-4,11-13H2,1-2H3. The number of aryl methyl sites for hydroxylation is 1. The minimum Gasteiger partial charge on any atom is -0.494 e. The van der Waals surface area contributed by atoms with E-state index in [1.54, 1.807) is 36.3 Å². The van der Waals surface area contributed by atoms with Crippen LogP contribution in [-0.2, 0) is 9.53 Å². The van der Waals surface area contributed by atoms with Crippen LogP contribution >= 0.6 is 22.9 Å². The fourth-order valence-electron chi connectivity index (χ4n) is 3.41. The number of carbonyl (C=O) groups is 1. The summed E-state index contributed by atoms with van der Waals surface area (Å²) >= 11 is 7.40. The number of thiazole rings is 1. The van der Waals surface area contributed by atoms with Crippen molar-refractivity contribution in [2.45, 2.75) is 25.9 Å². The van der Waals surface area contributed by atoms with E-state index < -0.39 is 0 Å². The zero-order chi connectivity index (χ0) is 21.1. The lowest BCUT2D eigenvalue weighted by Crippen LogP contribution is -2.40. The van der Waals surface area contributed by atoms with Crippen LogP contribution in [0.2, 0.25) is 5.02 Å². The molecule has 30 heavy (non-hydrogen) atoms. The van der Waals surface area contributed by atoms with E-state index in [9.17, 15) is 4.79 Å². The zero-order valence-corrected chi connectivity index (χ0v) is 18.5. The molecule has 1 aromatic heterocycles. The van der Waals surface area contributed by atoms with Crippen molar-refractivity contribution in [3.05, 3.63) is 47.0 Å². The Morgan fingerprint density at radius 1 is 1.30 bits per heavy atom. The third-order valence-corrected chi connectivity index (χ3v) is 6.50. The number of aromatic nitrogens is 1. The average Bonchev–Trinajstić information content (AvgIpc) is 3.42. The summed E-state index contributed by atoms with van der Waals surface area (Å²) < 4.78 is 17.9. The molecular weight excluding hydrogens is 424 g/mol. The summed E-state index contributed by atoms with van der Waals surface area (Å²) in [7, 11) is 1.62. The molecule has 0 radical (unpaired) electrons. The van der Waals surface area contributed by atoms with E-state index in [4.69, 9.17) is 30.8 Å². The number of rotatable bonds is 7. The van der Waals surface area contributed by atoms with Crippen molar-refractivity contribution in [2.75, 3.05) is 31.8 Å². The molecule has 1 aliphatic heterocycles. The first-order chi connectivity index (χ1) is 14.5. The number of amides is 1. The van der Waals surface area contributed by atoms with Gasteiger partial charge in [0.15, 0.2) is 11.7 Å². The van der Waals surface area contributed by atoms with Gasteiger partial charge >= 0.3 is 0 Å². The van der Waals surface area contributed by atoms with Gasteiger partial charge in [0.2, 0.25) is 0 Å². The van der Waals surface area contributed by atoms with Crippen molar-refractivity contribution in [1.29, 1.82) is 0 Å². The lowest BCUT2D eigenvalue weighted by atomic mass is 10.2. The van der Waals surface area contributed by atoms with Crippen molar-refractivity contribution in [3.8, 4) is 11.5 Å². The topological polar surface area (TPSA) is 60.9 Å². The van der Waals surface area contributed by atoms with Crippen LogP contribution in [0.3, 0.4) is 0 Å². The van der Waals surface area contributed by atoms with Crippen molar-refractivity contribution in [1.82, 2.24) is 4.98 Å². The van der Waals surface area contributed by atoms with Crippen molar-refractivity contribution in [3.63, 3.8) is 0 Å². The van der Waals surface area contributed by atoms with Gasteiger partial charge in [0.05, 0.1) is 24.5 Å². The number of carbonyl (C=O) groups excluding carboxylic acids is 1. The SMILES string of the molecule is COc1ccc(C)c2sc(N(CC3CCCO3)C(=O)COc3ccc(Cl)cc3)nc12. The van der Waals surface area contributed by atoms with E-state index in [-0.39, 0.29) is 18.6 Å². The molecule has 8 heteroatoms. The van der Waals surface area contributed by atoms with Crippen LogP contribution in [0.25, 0.3) is 10.2 Å². The highest BCUT2D eigenvalue weighted by molar-refractivity contribution is 7.22. The van der Waals surface area contributed by atoms with Gasteiger partial charge in [-0.2, -0.15) is 0 Å². The van der Waals surface area contributed by atoms with E-state index in [1.165, 1.54) is 11.3 Å². The Morgan fingerprint density at radius 3 is 2.80 bits per heavy atom. The minimum absolute atomic E-state index is 0.000475. The van der Waals surface area contributed by atoms with E-state index in [0.717, 1.165) is 35.2 Å². The molecule has 1 aliphatic rings. The summed E-state index contributed by atoms with van der Waals surface area (Å²) in [5, 5.41) is 1.24. The highest BCUT2D eigenvalue weighted by Crippen LogP contribution is 2.37. The number of nitrogens with zero attached hydrogens (tertiary/aromatic N) is 2. The zero-order valence-electron chi connectivity index (χ0n) is 16.9. The van der Waals surface area contributed by atoms with Crippen molar-refractivity contribution < 1.29 is 19.0 Å². The minimum atomic E-state index is -0.170. The maximum Gasteiger partial charge on any atom is 0.266 e. The predicted octanol–water partition coefficient (Wildman–Crippen LogP) is 4.86. The van der Waals surface area contributed by atoms with E-state index in [0.29, 0.717) is 28.2 Å². The second-order valence-corrected chi connectivity index (χ2v) is 8.55. The van der Waals surface area contributed by atoms with Crippen LogP contribution in [0.15, 0.2) is 36.4 Å². The smallest absolute Gasteiger partial charge is 0.266 e. The molecule has 0 N–H and O–H groups in total. The molecule has 2 aromatic carbocycles. The van der Waals surface area contributed by atoms with Crippen molar-refractivity contribution >= 4 is 44.2 Å². The largest absolute Gasteiger partial charge is 0.494 e. The average molecular weight is 447 g/mol. The molecule has 0 saturated carbocycles. The summed E-state index contributed by atoms with van der Waals surface area (Å²) in [6.07, 6.45) is 1.93. The van der Waals surface area contributed by atoms with Crippen molar-refractivity contribution in [2.24, 2.45) is 0 Å². The Hall–Kier alpha value is -2.35. The molecule has 2 heterocycles. The Kier molecular flexibility index (Phi) is 6.41. The van der Waals surface area contributed by atoms with Crippen LogP contribution in [-0.4, -0.2) is 43.9 Å². The lowest BCUT2D eigenvalue weighted by Gasteiger charge is -2.23. The van der Waals surface area contributed by atoms with Gasteiger partial charge in [-0.1, -0.05) is 29.0 Å². The quantitative estimate of drug-likeness (QED) is 0.518. The van der Waals surface area contributed by atoms with Gasteiger partial charge < -0.3 is 14.2 Å². The molecule has 1 atom stereocenters. The van der Waals surface area contributed by atoms with E-state index in [2.05, 4.69) is 0 Å². The number of methoxy groups -OCH3 is 1. The summed E-state index contributed by atoms with van der Waals surface area (Å²) in [6, 6.07) is 10.8. The molecule has 0 aliphatic carbocycles. The first-order valence-electron chi connectivity index (χ1n) is 9.79. The third kappa shape index (κ3) is 4.53. The number of fused-ring (bicyclic) bond motifs is 1. The fourth-order valence-corrected chi connectivity index (χ4v) is 4.61. The van der Waals surface area contributed by atoms with Crippen LogP contribution in [0.1, 0.15) is 18.4 Å². The summed E-state index contributed by atoms with van der Waals surface area (Å²) in [5.74, 6) is 1.11. The third-order valence-electron chi connectivity index (χ3n) is 5.03. The summed E-state index contributed by atoms with van der Waals surface area (Å²) in [4.78, 5) is 19.6. The summed E-state index contributed by atoms with van der Waals surface area (Å²) in [6.45, 7) is 3.10. The number of ether oxygens (including phenoxy) is 3. The molecule has 4 rings (SSSR count). The van der Waals surface area contributed by atoms with Gasteiger partial charge in [-0.25, -0.2) is 4.98 Å². The molecule has 1 unspecified atom stereocenters. The fraction of sp³-hybridized carbons (Fsp3) is 0.364. The molecule has 6 nitrogen and oxygen atoms in total. The molecule has 1 fully saturated rings. The molecule has 0 spiro atoms. The van der Waals surface area contributed by atoms with Crippen LogP contribution in [0.4, 0.5) is 5.13 Å². The molecule has 158 valence electrons. The molecular formula is C22H23ClN2O4S. The second-order valence-electron chi connectivity index (χ2n) is 7.14. The molecule has 1 amide bonds. The van der Waals surface area contributed by atoms with Crippen LogP contribution in [0.5, 0.6) is 11.5 Å². The van der Waals surface area contributed by atoms with E-state index in [1.807, 2.05) is 19.1 Å². The number of hydrogen-bond donors (Lipinski definition) is 0. The molecule has 3 aromatic rings. The highest BCUT2D eigenvalue weighted by atomic mass is 35.5. The van der Waals surface area contributed by atoms with Crippen LogP contribution < -0.4 is 14.4 Å². The predicted molar refractivity (Wildman–Crippen MR) is 119 cm³/mol.